The van der Waals surface area contributed by atoms with Crippen molar-refractivity contribution in [2.75, 3.05) is 13.1 Å². The number of aliphatic carboxylic acids is 1. The molecule has 0 saturated heterocycles. The summed E-state index contributed by atoms with van der Waals surface area (Å²) in [6, 6.07) is -0.725. The number of carboxylic acids is 1. The SMILES string of the molecule is CC1(C)CC(CN(CC(=O)c2c(Cl)cncc2Cl)C(=O)/C(C=N)=C(/NC2CCC(C(=O)O)CC2)C(F)(F)F)C1. The Morgan fingerprint density at radius 2 is 1.72 bits per heavy atom. The summed E-state index contributed by atoms with van der Waals surface area (Å²) in [5.74, 6) is -3.46. The normalized spacial score (nSPS) is 21.8. The lowest BCUT2D eigenvalue weighted by Gasteiger charge is -2.44. The molecule has 0 aromatic carbocycles. The Morgan fingerprint density at radius 1 is 1.15 bits per heavy atom. The number of hydrogen-bond donors (Lipinski definition) is 3. The number of nitrogens with one attached hydrogen (secondary N) is 2. The van der Waals surface area contributed by atoms with Crippen LogP contribution in [0.2, 0.25) is 10.0 Å². The Balaban J connectivity index is 1.92. The summed E-state index contributed by atoms with van der Waals surface area (Å²) < 4.78 is 42.7. The van der Waals surface area contributed by atoms with Crippen LogP contribution >= 0.6 is 23.2 Å². The van der Waals surface area contributed by atoms with Crippen LogP contribution < -0.4 is 5.32 Å². The molecule has 3 rings (SSSR count). The third-order valence-corrected chi connectivity index (χ3v) is 7.84. The molecule has 8 nitrogen and oxygen atoms in total. The first-order chi connectivity index (χ1) is 18.1. The Morgan fingerprint density at radius 3 is 2.18 bits per heavy atom. The minimum Gasteiger partial charge on any atom is -0.481 e. The molecule has 2 aliphatic rings. The predicted octanol–water partition coefficient (Wildman–Crippen LogP) is 5.53. The van der Waals surface area contributed by atoms with Gasteiger partial charge >= 0.3 is 12.1 Å². The molecule has 39 heavy (non-hydrogen) atoms. The molecule has 214 valence electrons. The zero-order valence-electron chi connectivity index (χ0n) is 21.6. The quantitative estimate of drug-likeness (QED) is 0.187. The lowest BCUT2D eigenvalue weighted by molar-refractivity contribution is -0.143. The third kappa shape index (κ3) is 7.72. The highest BCUT2D eigenvalue weighted by Gasteiger charge is 2.43. The van der Waals surface area contributed by atoms with E-state index in [1.54, 1.807) is 0 Å². The number of alkyl halides is 3. The van der Waals surface area contributed by atoms with Gasteiger partial charge in [-0.25, -0.2) is 0 Å². The summed E-state index contributed by atoms with van der Waals surface area (Å²) in [7, 11) is 0. The Labute approximate surface area is 234 Å². The summed E-state index contributed by atoms with van der Waals surface area (Å²) >= 11 is 12.2. The number of allylic oxidation sites excluding steroid dienone is 1. The minimum absolute atomic E-state index is 0.00874. The van der Waals surface area contributed by atoms with E-state index in [4.69, 9.17) is 28.6 Å². The lowest BCUT2D eigenvalue weighted by Crippen LogP contribution is -2.47. The van der Waals surface area contributed by atoms with E-state index in [2.05, 4.69) is 10.3 Å². The number of carbonyl (C=O) groups is 3. The first-order valence-corrected chi connectivity index (χ1v) is 13.3. The van der Waals surface area contributed by atoms with Gasteiger partial charge in [-0.3, -0.25) is 19.4 Å². The lowest BCUT2D eigenvalue weighted by atomic mass is 9.64. The Bertz CT molecular complexity index is 1140. The van der Waals surface area contributed by atoms with Gasteiger partial charge in [-0.2, -0.15) is 13.2 Å². The van der Waals surface area contributed by atoms with Crippen molar-refractivity contribution in [3.8, 4) is 0 Å². The van der Waals surface area contributed by atoms with Crippen molar-refractivity contribution in [2.45, 2.75) is 64.6 Å². The molecular formula is C26H31Cl2F3N4O4. The molecule has 3 N–H and O–H groups in total. The molecule has 0 atom stereocenters. The molecule has 0 spiro atoms. The topological polar surface area (TPSA) is 123 Å². The van der Waals surface area contributed by atoms with E-state index in [1.165, 1.54) is 12.4 Å². The summed E-state index contributed by atoms with van der Waals surface area (Å²) in [5, 5.41) is 19.2. The Hall–Kier alpha value is -2.66. The highest BCUT2D eigenvalue weighted by atomic mass is 35.5. The van der Waals surface area contributed by atoms with Crippen LogP contribution in [0.3, 0.4) is 0 Å². The van der Waals surface area contributed by atoms with E-state index in [0.29, 0.717) is 19.1 Å². The number of amides is 1. The number of hydrogen-bond acceptors (Lipinski definition) is 6. The minimum atomic E-state index is -5.00. The average molecular weight is 591 g/mol. The summed E-state index contributed by atoms with van der Waals surface area (Å²) in [6.45, 7) is 3.49. The monoisotopic (exact) mass is 590 g/mol. The number of ketones is 1. The molecule has 1 heterocycles. The van der Waals surface area contributed by atoms with Crippen molar-refractivity contribution in [1.82, 2.24) is 15.2 Å². The number of carboxylic acid groups (broad SMARTS) is 1. The maximum Gasteiger partial charge on any atom is 0.431 e. The van der Waals surface area contributed by atoms with Crippen molar-refractivity contribution in [3.05, 3.63) is 39.3 Å². The number of carbonyl (C=O) groups excluding carboxylic acids is 2. The van der Waals surface area contributed by atoms with Gasteiger partial charge < -0.3 is 20.7 Å². The smallest absolute Gasteiger partial charge is 0.431 e. The number of halogens is 5. The zero-order valence-corrected chi connectivity index (χ0v) is 23.1. The number of pyridine rings is 1. The summed E-state index contributed by atoms with van der Waals surface area (Å²) in [4.78, 5) is 42.8. The van der Waals surface area contributed by atoms with Crippen LogP contribution in [0.1, 0.15) is 62.7 Å². The van der Waals surface area contributed by atoms with Crippen LogP contribution in [0.25, 0.3) is 0 Å². The number of rotatable bonds is 10. The maximum absolute atomic E-state index is 14.2. The predicted molar refractivity (Wildman–Crippen MR) is 140 cm³/mol. The molecule has 0 aliphatic heterocycles. The van der Waals surface area contributed by atoms with Crippen LogP contribution in [0.15, 0.2) is 23.7 Å². The second kappa shape index (κ2) is 12.2. The van der Waals surface area contributed by atoms with Crippen molar-refractivity contribution in [2.24, 2.45) is 17.3 Å². The molecule has 2 aliphatic carbocycles. The van der Waals surface area contributed by atoms with E-state index in [1.807, 2.05) is 13.8 Å². The molecule has 0 unspecified atom stereocenters. The van der Waals surface area contributed by atoms with Gasteiger partial charge in [-0.1, -0.05) is 37.0 Å². The van der Waals surface area contributed by atoms with Gasteiger partial charge in [0.15, 0.2) is 5.78 Å². The van der Waals surface area contributed by atoms with Crippen molar-refractivity contribution in [1.29, 1.82) is 5.41 Å². The zero-order chi connectivity index (χ0) is 29.1. The third-order valence-electron chi connectivity index (χ3n) is 7.27. The van der Waals surface area contributed by atoms with Crippen LogP contribution in [-0.4, -0.2) is 64.2 Å². The van der Waals surface area contributed by atoms with Gasteiger partial charge in [0, 0.05) is 31.2 Å². The van der Waals surface area contributed by atoms with Gasteiger partial charge in [0.1, 0.15) is 5.70 Å². The average Bonchev–Trinajstić information content (AvgIpc) is 2.81. The summed E-state index contributed by atoms with van der Waals surface area (Å²) in [5.41, 5.74) is -2.40. The van der Waals surface area contributed by atoms with E-state index >= 15 is 0 Å². The van der Waals surface area contributed by atoms with Crippen molar-refractivity contribution >= 4 is 47.1 Å². The fourth-order valence-corrected chi connectivity index (χ4v) is 6.08. The first-order valence-electron chi connectivity index (χ1n) is 12.6. The van der Waals surface area contributed by atoms with Gasteiger partial charge in [0.2, 0.25) is 0 Å². The van der Waals surface area contributed by atoms with E-state index in [-0.39, 0.29) is 59.2 Å². The molecular weight excluding hydrogens is 560 g/mol. The molecule has 0 bridgehead atoms. The van der Waals surface area contributed by atoms with Crippen LogP contribution in [0.4, 0.5) is 13.2 Å². The second-order valence-corrected chi connectivity index (χ2v) is 11.8. The first kappa shape index (κ1) is 30.9. The highest BCUT2D eigenvalue weighted by Crippen LogP contribution is 2.45. The summed E-state index contributed by atoms with van der Waals surface area (Å²) in [6.07, 6.45) is -0.124. The number of aromatic nitrogens is 1. The van der Waals surface area contributed by atoms with E-state index < -0.39 is 53.6 Å². The maximum atomic E-state index is 14.2. The van der Waals surface area contributed by atoms with Gasteiger partial charge in [-0.05, 0) is 49.9 Å². The van der Waals surface area contributed by atoms with E-state index in [9.17, 15) is 32.7 Å². The number of Topliss-reactive ketones (excluding diaryl/α,β-unsaturated/α-hetero) is 1. The van der Waals surface area contributed by atoms with Crippen LogP contribution in [0.5, 0.6) is 0 Å². The van der Waals surface area contributed by atoms with Gasteiger partial charge in [-0.15, -0.1) is 0 Å². The fourth-order valence-electron chi connectivity index (χ4n) is 5.51. The fraction of sp³-hybridized carbons (Fsp3) is 0.577. The van der Waals surface area contributed by atoms with Gasteiger partial charge in [0.25, 0.3) is 5.91 Å². The molecule has 2 fully saturated rings. The molecule has 13 heteroatoms. The van der Waals surface area contributed by atoms with Gasteiger partial charge in [0.05, 0.1) is 33.6 Å². The van der Waals surface area contributed by atoms with E-state index in [0.717, 1.165) is 4.90 Å². The highest BCUT2D eigenvalue weighted by molar-refractivity contribution is 6.39. The molecule has 0 radical (unpaired) electrons. The van der Waals surface area contributed by atoms with Crippen molar-refractivity contribution < 1.29 is 32.7 Å². The number of nitrogens with zero attached hydrogens (tertiary/aromatic N) is 2. The molecule has 1 amide bonds. The molecule has 2 saturated carbocycles. The second-order valence-electron chi connectivity index (χ2n) is 11.0. The van der Waals surface area contributed by atoms with Crippen molar-refractivity contribution in [3.63, 3.8) is 0 Å². The van der Waals surface area contributed by atoms with Crippen LogP contribution in [-0.2, 0) is 9.59 Å². The molecule has 1 aromatic heterocycles. The molecule has 1 aromatic rings. The largest absolute Gasteiger partial charge is 0.481 e. The standard InChI is InChI=1S/C26H31Cl2F3N4O4/c1-25(2)7-14(8-25)12-35(13-20(36)21-18(27)10-33-11-19(21)28)23(37)17(9-32)22(26(29,30)31)34-16-5-3-15(4-6-16)24(38)39/h9-11,14-16,32,34H,3-8,12-13H2,1-2H3,(H,38,39)/b22-17+,32-9?. The Kier molecular flexibility index (Phi) is 9.69. The van der Waals surface area contributed by atoms with Crippen LogP contribution in [0, 0.1) is 22.7 Å².